The fourth-order valence-electron chi connectivity index (χ4n) is 3.78. The summed E-state index contributed by atoms with van der Waals surface area (Å²) in [5.41, 5.74) is 1.83. The van der Waals surface area contributed by atoms with Gasteiger partial charge in [0, 0.05) is 25.7 Å². The van der Waals surface area contributed by atoms with Gasteiger partial charge < -0.3 is 20.4 Å². The first kappa shape index (κ1) is 21.9. The zero-order valence-electron chi connectivity index (χ0n) is 18.0. The summed E-state index contributed by atoms with van der Waals surface area (Å²) in [6, 6.07) is 12.0. The van der Waals surface area contributed by atoms with Crippen LogP contribution in [0, 0.1) is 0 Å². The van der Waals surface area contributed by atoms with E-state index >= 15 is 0 Å². The molecule has 1 aliphatic rings. The molecule has 2 aromatic rings. The van der Waals surface area contributed by atoms with Crippen molar-refractivity contribution in [2.24, 2.45) is 4.99 Å². The Labute approximate surface area is 178 Å². The Balaban J connectivity index is 1.65. The second-order valence-corrected chi connectivity index (χ2v) is 7.59. The summed E-state index contributed by atoms with van der Waals surface area (Å²) in [7, 11) is 0. The van der Waals surface area contributed by atoms with Gasteiger partial charge in [0.05, 0.1) is 18.8 Å². The van der Waals surface area contributed by atoms with Crippen molar-refractivity contribution in [2.45, 2.75) is 45.7 Å². The molecule has 1 amide bonds. The smallest absolute Gasteiger partial charge is 0.221 e. The monoisotopic (exact) mass is 411 g/mol. The number of carbonyl (C=O) groups excluding carboxylic acids is 1. The van der Waals surface area contributed by atoms with Gasteiger partial charge in [-0.25, -0.2) is 4.99 Å². The molecular formula is C23H33N5O2. The van der Waals surface area contributed by atoms with Crippen molar-refractivity contribution in [2.75, 3.05) is 31.5 Å². The second kappa shape index (κ2) is 11.4. The highest BCUT2D eigenvalue weighted by molar-refractivity contribution is 5.88. The minimum absolute atomic E-state index is 0.0765. The van der Waals surface area contributed by atoms with Crippen LogP contribution in [0.25, 0.3) is 0 Å². The molecule has 3 N–H and O–H groups in total. The van der Waals surface area contributed by atoms with Crippen molar-refractivity contribution in [1.29, 1.82) is 0 Å². The number of likely N-dealkylation sites (tertiary alicyclic amines) is 1. The lowest BCUT2D eigenvalue weighted by Crippen LogP contribution is -2.44. The second-order valence-electron chi connectivity index (χ2n) is 7.59. The Bertz CT molecular complexity index is 813. The predicted molar refractivity (Wildman–Crippen MR) is 120 cm³/mol. The number of guanidine groups is 1. The van der Waals surface area contributed by atoms with Gasteiger partial charge in [0.15, 0.2) is 5.96 Å². The van der Waals surface area contributed by atoms with Crippen LogP contribution in [0.4, 0.5) is 5.69 Å². The van der Waals surface area contributed by atoms with E-state index < -0.39 is 0 Å². The normalized spacial score (nSPS) is 16.1. The maximum Gasteiger partial charge on any atom is 0.221 e. The van der Waals surface area contributed by atoms with Gasteiger partial charge in [-0.3, -0.25) is 9.69 Å². The highest BCUT2D eigenvalue weighted by atomic mass is 16.3. The molecule has 1 atom stereocenters. The molecule has 0 aliphatic carbocycles. The van der Waals surface area contributed by atoms with Crippen LogP contribution in [0.1, 0.15) is 50.5 Å². The Kier molecular flexibility index (Phi) is 8.32. The lowest BCUT2D eigenvalue weighted by molar-refractivity contribution is -0.114. The van der Waals surface area contributed by atoms with Gasteiger partial charge in [-0.2, -0.15) is 0 Å². The van der Waals surface area contributed by atoms with Crippen LogP contribution in [0.5, 0.6) is 0 Å². The van der Waals surface area contributed by atoms with Gasteiger partial charge in [-0.15, -0.1) is 0 Å². The van der Waals surface area contributed by atoms with Crippen molar-refractivity contribution in [1.82, 2.24) is 15.5 Å². The molecule has 1 aromatic carbocycles. The summed E-state index contributed by atoms with van der Waals surface area (Å²) in [4.78, 5) is 18.5. The van der Waals surface area contributed by atoms with E-state index in [-0.39, 0.29) is 11.9 Å². The van der Waals surface area contributed by atoms with Crippen molar-refractivity contribution >= 4 is 17.6 Å². The molecule has 1 saturated heterocycles. The van der Waals surface area contributed by atoms with E-state index in [0.717, 1.165) is 49.1 Å². The Hall–Kier alpha value is -2.80. The lowest BCUT2D eigenvalue weighted by atomic mass is 10.1. The molecule has 1 aromatic heterocycles. The summed E-state index contributed by atoms with van der Waals surface area (Å²) in [6.07, 6.45) is 5.51. The lowest BCUT2D eigenvalue weighted by Gasteiger charge is -2.33. The molecule has 3 rings (SSSR count). The summed E-state index contributed by atoms with van der Waals surface area (Å²) >= 11 is 0. The van der Waals surface area contributed by atoms with Crippen LogP contribution in [0.15, 0.2) is 52.1 Å². The predicted octanol–water partition coefficient (Wildman–Crippen LogP) is 3.52. The number of benzene rings is 1. The number of hydrogen-bond donors (Lipinski definition) is 3. The van der Waals surface area contributed by atoms with Gasteiger partial charge in [-0.1, -0.05) is 18.6 Å². The van der Waals surface area contributed by atoms with E-state index in [1.54, 1.807) is 6.26 Å². The number of carbonyl (C=O) groups is 1. The highest BCUT2D eigenvalue weighted by Crippen LogP contribution is 2.24. The molecule has 7 nitrogen and oxygen atoms in total. The van der Waals surface area contributed by atoms with Crippen LogP contribution < -0.4 is 16.0 Å². The van der Waals surface area contributed by atoms with Gasteiger partial charge in [-0.05, 0) is 62.7 Å². The molecule has 30 heavy (non-hydrogen) atoms. The van der Waals surface area contributed by atoms with E-state index in [9.17, 15) is 4.79 Å². The van der Waals surface area contributed by atoms with Crippen LogP contribution in [-0.2, 0) is 11.3 Å². The number of nitrogens with zero attached hydrogens (tertiary/aromatic N) is 2. The van der Waals surface area contributed by atoms with E-state index in [2.05, 4.69) is 33.8 Å². The van der Waals surface area contributed by atoms with Crippen molar-refractivity contribution in [3.8, 4) is 0 Å². The van der Waals surface area contributed by atoms with E-state index in [4.69, 9.17) is 9.41 Å². The minimum Gasteiger partial charge on any atom is -0.468 e. The Morgan fingerprint density at radius 1 is 1.17 bits per heavy atom. The number of amides is 1. The zero-order valence-corrected chi connectivity index (χ0v) is 18.0. The van der Waals surface area contributed by atoms with Crippen LogP contribution >= 0.6 is 0 Å². The third kappa shape index (κ3) is 6.62. The number of anilines is 1. The Morgan fingerprint density at radius 2 is 2.00 bits per heavy atom. The molecule has 162 valence electrons. The zero-order chi connectivity index (χ0) is 21.2. The highest BCUT2D eigenvalue weighted by Gasteiger charge is 2.24. The average Bonchev–Trinajstić information content (AvgIpc) is 3.27. The minimum atomic E-state index is -0.0765. The SMILES string of the molecule is CCNC(=NCc1cccc(NC(C)=O)c1)NCC(c1ccco1)N1CCCCC1. The maximum atomic E-state index is 11.3. The fourth-order valence-corrected chi connectivity index (χ4v) is 3.78. The quantitative estimate of drug-likeness (QED) is 0.457. The maximum absolute atomic E-state index is 11.3. The average molecular weight is 412 g/mol. The molecule has 0 bridgehead atoms. The van der Waals surface area contributed by atoms with Crippen molar-refractivity contribution < 1.29 is 9.21 Å². The fraction of sp³-hybridized carbons (Fsp3) is 0.478. The summed E-state index contributed by atoms with van der Waals surface area (Å²) in [6.45, 7) is 7.79. The molecule has 1 unspecified atom stereocenters. The molecule has 0 saturated carbocycles. The number of furan rings is 1. The summed E-state index contributed by atoms with van der Waals surface area (Å²) in [5, 5.41) is 9.63. The molecule has 1 aliphatic heterocycles. The van der Waals surface area contributed by atoms with Crippen LogP contribution in [0.2, 0.25) is 0 Å². The molecule has 1 fully saturated rings. The molecule has 0 radical (unpaired) electrons. The largest absolute Gasteiger partial charge is 0.468 e. The van der Waals surface area contributed by atoms with Gasteiger partial charge >= 0.3 is 0 Å². The summed E-state index contributed by atoms with van der Waals surface area (Å²) < 4.78 is 5.74. The molecule has 2 heterocycles. The van der Waals surface area contributed by atoms with Crippen LogP contribution in [-0.4, -0.2) is 42.9 Å². The number of aliphatic imine (C=N–C) groups is 1. The van der Waals surface area contributed by atoms with E-state index in [0.29, 0.717) is 6.54 Å². The van der Waals surface area contributed by atoms with Gasteiger partial charge in [0.25, 0.3) is 0 Å². The van der Waals surface area contributed by atoms with Crippen molar-refractivity contribution in [3.63, 3.8) is 0 Å². The molecule has 0 spiro atoms. The summed E-state index contributed by atoms with van der Waals surface area (Å²) in [5.74, 6) is 1.69. The number of nitrogens with one attached hydrogen (secondary N) is 3. The van der Waals surface area contributed by atoms with Crippen LogP contribution in [0.3, 0.4) is 0 Å². The number of hydrogen-bond acceptors (Lipinski definition) is 4. The van der Waals surface area contributed by atoms with E-state index in [1.165, 1.54) is 26.2 Å². The van der Waals surface area contributed by atoms with Gasteiger partial charge in [0.2, 0.25) is 5.91 Å². The first-order valence-corrected chi connectivity index (χ1v) is 10.8. The number of rotatable bonds is 8. The molecule has 7 heteroatoms. The Morgan fingerprint density at radius 3 is 2.70 bits per heavy atom. The molecular weight excluding hydrogens is 378 g/mol. The third-order valence-electron chi connectivity index (χ3n) is 5.18. The first-order chi connectivity index (χ1) is 14.7. The topological polar surface area (TPSA) is 81.9 Å². The third-order valence-corrected chi connectivity index (χ3v) is 5.18. The standard InChI is InChI=1S/C23H33N5O2/c1-3-24-23(25-16-19-9-7-10-20(15-19)27-18(2)29)26-17-21(22-11-8-14-30-22)28-12-5-4-6-13-28/h7-11,14-15,21H,3-6,12-13,16-17H2,1-2H3,(H,27,29)(H2,24,25,26). The first-order valence-electron chi connectivity index (χ1n) is 10.8. The van der Waals surface area contributed by atoms with E-state index in [1.807, 2.05) is 30.3 Å². The number of piperidine rings is 1. The van der Waals surface area contributed by atoms with Gasteiger partial charge in [0.1, 0.15) is 5.76 Å². The van der Waals surface area contributed by atoms with Crippen molar-refractivity contribution in [3.05, 3.63) is 54.0 Å².